The van der Waals surface area contributed by atoms with Gasteiger partial charge in [0.05, 0.1) is 0 Å². The number of carbonyl (C=O) groups is 1. The van der Waals surface area contributed by atoms with Crippen molar-refractivity contribution in [3.05, 3.63) is 40.8 Å². The number of hydrogen-bond acceptors (Lipinski definition) is 3. The molecule has 0 atom stereocenters. The molecule has 5 nitrogen and oxygen atoms in total. The third-order valence-corrected chi connectivity index (χ3v) is 2.43. The first-order valence-corrected chi connectivity index (χ1v) is 5.57. The Morgan fingerprint density at radius 1 is 1.56 bits per heavy atom. The summed E-state index contributed by atoms with van der Waals surface area (Å²) in [6, 6.07) is 3.30. The fraction of sp³-hybridized carbons (Fsp3) is 0.200. The topological polar surface area (TPSA) is 70.9 Å². The Morgan fingerprint density at radius 3 is 3.06 bits per heavy atom. The van der Waals surface area contributed by atoms with Crippen LogP contribution in [0.1, 0.15) is 16.4 Å². The van der Waals surface area contributed by atoms with Crippen molar-refractivity contribution in [1.29, 1.82) is 0 Å². The Hall–Kier alpha value is -1.56. The summed E-state index contributed by atoms with van der Waals surface area (Å²) in [4.78, 5) is 18.5. The van der Waals surface area contributed by atoms with Gasteiger partial charge in [0.1, 0.15) is 5.82 Å². The van der Waals surface area contributed by atoms with Crippen LogP contribution < -0.4 is 5.32 Å². The van der Waals surface area contributed by atoms with Gasteiger partial charge in [-0.1, -0.05) is 0 Å². The Bertz CT molecular complexity index is 464. The maximum atomic E-state index is 11.5. The first kappa shape index (κ1) is 10.9. The number of hydrogen-bond donors (Lipinski definition) is 2. The highest BCUT2D eigenvalue weighted by atomic mass is 79.9. The van der Waals surface area contributed by atoms with E-state index in [2.05, 4.69) is 31.2 Å². The van der Waals surface area contributed by atoms with Crippen LogP contribution >= 0.6 is 15.9 Å². The van der Waals surface area contributed by atoms with Crippen molar-refractivity contribution in [3.63, 3.8) is 0 Å². The Labute approximate surface area is 100 Å². The van der Waals surface area contributed by atoms with E-state index in [1.165, 1.54) is 0 Å². The maximum absolute atomic E-state index is 11.5. The fourth-order valence-electron chi connectivity index (χ4n) is 1.25. The van der Waals surface area contributed by atoms with E-state index in [1.807, 2.05) is 0 Å². The van der Waals surface area contributed by atoms with Crippen LogP contribution in [-0.4, -0.2) is 22.4 Å². The van der Waals surface area contributed by atoms with E-state index in [4.69, 9.17) is 4.42 Å². The van der Waals surface area contributed by atoms with E-state index in [0.29, 0.717) is 23.4 Å². The molecule has 2 rings (SSSR count). The molecule has 0 spiro atoms. The number of amides is 1. The van der Waals surface area contributed by atoms with Crippen LogP contribution in [0.2, 0.25) is 0 Å². The number of nitrogens with one attached hydrogen (secondary N) is 2. The predicted octanol–water partition coefficient (Wildman–Crippen LogP) is 1.74. The van der Waals surface area contributed by atoms with Gasteiger partial charge in [-0.25, -0.2) is 4.98 Å². The minimum atomic E-state index is -0.225. The van der Waals surface area contributed by atoms with Crippen LogP contribution in [-0.2, 0) is 6.42 Å². The number of aromatic amines is 1. The molecular formula is C10H10BrN3O2. The molecule has 2 aromatic rings. The molecule has 0 saturated carbocycles. The number of imidazole rings is 1. The van der Waals surface area contributed by atoms with Gasteiger partial charge < -0.3 is 14.7 Å². The minimum absolute atomic E-state index is 0.225. The highest BCUT2D eigenvalue weighted by molar-refractivity contribution is 9.10. The van der Waals surface area contributed by atoms with Crippen molar-refractivity contribution >= 4 is 21.8 Å². The molecule has 16 heavy (non-hydrogen) atoms. The molecule has 0 aromatic carbocycles. The van der Waals surface area contributed by atoms with Crippen molar-refractivity contribution in [1.82, 2.24) is 15.3 Å². The molecule has 0 unspecified atom stereocenters. The zero-order valence-corrected chi connectivity index (χ0v) is 9.95. The Morgan fingerprint density at radius 2 is 2.44 bits per heavy atom. The molecule has 2 N–H and O–H groups in total. The second-order valence-electron chi connectivity index (χ2n) is 3.15. The summed E-state index contributed by atoms with van der Waals surface area (Å²) < 4.78 is 5.66. The molecule has 84 valence electrons. The smallest absolute Gasteiger partial charge is 0.287 e. The number of rotatable bonds is 4. The molecule has 2 heterocycles. The molecule has 0 aliphatic heterocycles. The monoisotopic (exact) mass is 283 g/mol. The highest BCUT2D eigenvalue weighted by Crippen LogP contribution is 2.13. The molecular weight excluding hydrogens is 274 g/mol. The second kappa shape index (κ2) is 4.98. The van der Waals surface area contributed by atoms with Gasteiger partial charge in [0.2, 0.25) is 0 Å². The van der Waals surface area contributed by atoms with Crippen LogP contribution in [0.4, 0.5) is 0 Å². The van der Waals surface area contributed by atoms with Gasteiger partial charge in [0, 0.05) is 25.4 Å². The lowest BCUT2D eigenvalue weighted by atomic mass is 10.3. The normalized spacial score (nSPS) is 10.3. The Kier molecular flexibility index (Phi) is 3.40. The van der Waals surface area contributed by atoms with Gasteiger partial charge in [0.15, 0.2) is 10.4 Å². The molecule has 0 fully saturated rings. The molecule has 1 amide bonds. The van der Waals surface area contributed by atoms with E-state index >= 15 is 0 Å². The summed E-state index contributed by atoms with van der Waals surface area (Å²) >= 11 is 3.14. The van der Waals surface area contributed by atoms with E-state index in [-0.39, 0.29) is 5.91 Å². The van der Waals surface area contributed by atoms with Crippen molar-refractivity contribution in [3.8, 4) is 0 Å². The largest absolute Gasteiger partial charge is 0.444 e. The molecule has 6 heteroatoms. The molecule has 0 aliphatic rings. The summed E-state index contributed by atoms with van der Waals surface area (Å²) in [5, 5.41) is 2.74. The third-order valence-electron chi connectivity index (χ3n) is 2.00. The predicted molar refractivity (Wildman–Crippen MR) is 61.0 cm³/mol. The van der Waals surface area contributed by atoms with Gasteiger partial charge in [-0.2, -0.15) is 0 Å². The van der Waals surface area contributed by atoms with Crippen molar-refractivity contribution < 1.29 is 9.21 Å². The lowest BCUT2D eigenvalue weighted by molar-refractivity contribution is 0.0925. The average Bonchev–Trinajstić information content (AvgIpc) is 2.89. The molecule has 0 aliphatic carbocycles. The van der Waals surface area contributed by atoms with E-state index < -0.39 is 0 Å². The van der Waals surface area contributed by atoms with Gasteiger partial charge in [-0.05, 0) is 28.1 Å². The SMILES string of the molecule is O=C(NCCc1ncc[nH]1)c1ccc(Br)o1. The standard InChI is InChI=1S/C10H10BrN3O2/c11-8-2-1-7(16-8)10(15)14-4-3-9-12-5-6-13-9/h1-2,5-6H,3-4H2,(H,12,13)(H,14,15). The molecule has 0 saturated heterocycles. The van der Waals surface area contributed by atoms with Crippen LogP contribution in [0.15, 0.2) is 33.6 Å². The van der Waals surface area contributed by atoms with E-state index in [1.54, 1.807) is 24.5 Å². The number of aromatic nitrogens is 2. The zero-order valence-electron chi connectivity index (χ0n) is 8.37. The first-order valence-electron chi connectivity index (χ1n) is 4.77. The minimum Gasteiger partial charge on any atom is -0.444 e. The van der Waals surface area contributed by atoms with E-state index in [0.717, 1.165) is 5.82 Å². The van der Waals surface area contributed by atoms with Crippen molar-refractivity contribution in [2.24, 2.45) is 0 Å². The lowest BCUT2D eigenvalue weighted by Crippen LogP contribution is -2.25. The summed E-state index contributed by atoms with van der Waals surface area (Å²) in [5.74, 6) is 0.921. The highest BCUT2D eigenvalue weighted by Gasteiger charge is 2.09. The lowest BCUT2D eigenvalue weighted by Gasteiger charge is -2.00. The summed E-state index contributed by atoms with van der Waals surface area (Å²) in [6.45, 7) is 0.519. The van der Waals surface area contributed by atoms with Gasteiger partial charge in [-0.15, -0.1) is 0 Å². The summed E-state index contributed by atoms with van der Waals surface area (Å²) in [5.41, 5.74) is 0. The summed E-state index contributed by atoms with van der Waals surface area (Å²) in [6.07, 6.45) is 4.10. The van der Waals surface area contributed by atoms with Crippen molar-refractivity contribution in [2.75, 3.05) is 6.54 Å². The quantitative estimate of drug-likeness (QED) is 0.898. The van der Waals surface area contributed by atoms with Crippen LogP contribution in [0.3, 0.4) is 0 Å². The molecule has 2 aromatic heterocycles. The first-order chi connectivity index (χ1) is 7.75. The van der Waals surface area contributed by atoms with Crippen molar-refractivity contribution in [2.45, 2.75) is 6.42 Å². The number of halogens is 1. The number of carbonyl (C=O) groups excluding carboxylic acids is 1. The number of H-pyrrole nitrogens is 1. The third kappa shape index (κ3) is 2.73. The molecule has 0 bridgehead atoms. The maximum Gasteiger partial charge on any atom is 0.287 e. The zero-order chi connectivity index (χ0) is 11.4. The van der Waals surface area contributed by atoms with Gasteiger partial charge >= 0.3 is 0 Å². The van der Waals surface area contributed by atoms with Crippen LogP contribution in [0.5, 0.6) is 0 Å². The van der Waals surface area contributed by atoms with Gasteiger partial charge in [0.25, 0.3) is 5.91 Å². The van der Waals surface area contributed by atoms with Crippen LogP contribution in [0, 0.1) is 0 Å². The fourth-order valence-corrected chi connectivity index (χ4v) is 1.56. The number of nitrogens with zero attached hydrogens (tertiary/aromatic N) is 1. The van der Waals surface area contributed by atoms with Crippen LogP contribution in [0.25, 0.3) is 0 Å². The number of furan rings is 1. The average molecular weight is 284 g/mol. The Balaban J connectivity index is 1.80. The summed E-state index contributed by atoms with van der Waals surface area (Å²) in [7, 11) is 0. The second-order valence-corrected chi connectivity index (χ2v) is 3.93. The van der Waals surface area contributed by atoms with Gasteiger partial charge in [-0.3, -0.25) is 4.79 Å². The molecule has 0 radical (unpaired) electrons. The van der Waals surface area contributed by atoms with E-state index in [9.17, 15) is 4.79 Å².